The Hall–Kier alpha value is -3.21. The van der Waals surface area contributed by atoms with Crippen LogP contribution >= 0.6 is 0 Å². The zero-order chi connectivity index (χ0) is 21.1. The second-order valence-electron chi connectivity index (χ2n) is 8.05. The van der Waals surface area contributed by atoms with Crippen LogP contribution in [0.2, 0.25) is 0 Å². The molecule has 1 aromatic heterocycles. The number of carbonyl (C=O) groups excluding carboxylic acids is 2. The first-order valence-electron chi connectivity index (χ1n) is 10.4. The van der Waals surface area contributed by atoms with Gasteiger partial charge in [0, 0.05) is 11.1 Å². The molecule has 0 radical (unpaired) electrons. The molecule has 1 aliphatic rings. The van der Waals surface area contributed by atoms with Gasteiger partial charge in [-0.05, 0) is 49.3 Å². The van der Waals surface area contributed by atoms with Gasteiger partial charge in [-0.25, -0.2) is 4.79 Å². The molecule has 3 aromatic rings. The Morgan fingerprint density at radius 2 is 1.87 bits per heavy atom. The van der Waals surface area contributed by atoms with Gasteiger partial charge in [0.1, 0.15) is 0 Å². The molecule has 0 aliphatic heterocycles. The minimum atomic E-state index is -0.457. The number of esters is 1. The second-order valence-corrected chi connectivity index (χ2v) is 8.05. The van der Waals surface area contributed by atoms with Gasteiger partial charge in [-0.2, -0.15) is 0 Å². The zero-order valence-corrected chi connectivity index (χ0v) is 17.4. The number of aromatic nitrogens is 1. The van der Waals surface area contributed by atoms with Crippen LogP contribution in [-0.4, -0.2) is 23.5 Å². The number of rotatable bonds is 5. The molecule has 0 saturated heterocycles. The van der Waals surface area contributed by atoms with E-state index in [2.05, 4.69) is 12.2 Å². The summed E-state index contributed by atoms with van der Waals surface area (Å²) in [6.07, 6.45) is 2.72. The molecular formula is C25H26N2O3. The largest absolute Gasteiger partial charge is 0.452 e. The Morgan fingerprint density at radius 3 is 2.67 bits per heavy atom. The van der Waals surface area contributed by atoms with Gasteiger partial charge in [0.05, 0.1) is 17.1 Å². The molecule has 5 heteroatoms. The van der Waals surface area contributed by atoms with Gasteiger partial charge >= 0.3 is 5.97 Å². The molecule has 5 nitrogen and oxygen atoms in total. The molecule has 2 atom stereocenters. The van der Waals surface area contributed by atoms with Crippen molar-refractivity contribution in [3.05, 3.63) is 77.0 Å². The van der Waals surface area contributed by atoms with Crippen molar-refractivity contribution in [2.75, 3.05) is 6.61 Å². The third-order valence-corrected chi connectivity index (χ3v) is 5.72. The van der Waals surface area contributed by atoms with E-state index in [0.717, 1.165) is 47.0 Å². The highest BCUT2D eigenvalue weighted by Crippen LogP contribution is 2.32. The van der Waals surface area contributed by atoms with Crippen LogP contribution in [0.1, 0.15) is 53.5 Å². The van der Waals surface area contributed by atoms with Crippen LogP contribution in [-0.2, 0) is 22.4 Å². The van der Waals surface area contributed by atoms with Crippen molar-refractivity contribution < 1.29 is 14.3 Å². The van der Waals surface area contributed by atoms with Gasteiger partial charge in [0.25, 0.3) is 5.91 Å². The van der Waals surface area contributed by atoms with Crippen LogP contribution in [0.15, 0.2) is 54.6 Å². The predicted molar refractivity (Wildman–Crippen MR) is 116 cm³/mol. The highest BCUT2D eigenvalue weighted by atomic mass is 16.5. The molecule has 1 N–H and O–H groups in total. The maximum atomic E-state index is 13.1. The normalized spacial score (nSPS) is 16.5. The van der Waals surface area contributed by atoms with Gasteiger partial charge in [-0.15, -0.1) is 0 Å². The Bertz CT molecular complexity index is 1080. The molecule has 0 bridgehead atoms. The number of pyridine rings is 1. The Kier molecular flexibility index (Phi) is 5.79. The van der Waals surface area contributed by atoms with E-state index in [9.17, 15) is 9.59 Å². The van der Waals surface area contributed by atoms with Crippen molar-refractivity contribution in [1.29, 1.82) is 0 Å². The number of hydrogen-bond acceptors (Lipinski definition) is 4. The van der Waals surface area contributed by atoms with Crippen molar-refractivity contribution in [1.82, 2.24) is 10.3 Å². The average molecular weight is 402 g/mol. The van der Waals surface area contributed by atoms with Crippen LogP contribution in [0.3, 0.4) is 0 Å². The highest BCUT2D eigenvalue weighted by molar-refractivity contribution is 6.05. The molecule has 0 fully saturated rings. The van der Waals surface area contributed by atoms with Gasteiger partial charge in [-0.1, -0.05) is 55.5 Å². The maximum Gasteiger partial charge on any atom is 0.339 e. The van der Waals surface area contributed by atoms with Gasteiger partial charge in [-0.3, -0.25) is 9.78 Å². The number of nitrogens with one attached hydrogen (secondary N) is 1. The average Bonchev–Trinajstić information content (AvgIpc) is 2.76. The van der Waals surface area contributed by atoms with Crippen molar-refractivity contribution in [3.63, 3.8) is 0 Å². The first-order chi connectivity index (χ1) is 14.5. The van der Waals surface area contributed by atoms with Gasteiger partial charge in [0.15, 0.2) is 6.61 Å². The molecule has 4 rings (SSSR count). The molecule has 0 unspecified atom stereocenters. The standard InChI is InChI=1S/C25H26N2O3/c1-16-12-13-22-20(14-16)24(19-10-6-7-11-21(19)27-22)25(29)30-15-23(28)26-17(2)18-8-4-3-5-9-18/h3-11,16-17H,12-15H2,1-2H3,(H,26,28)/t16-,17+/m0/s1. The lowest BCUT2D eigenvalue weighted by molar-refractivity contribution is -0.124. The van der Waals surface area contributed by atoms with E-state index >= 15 is 0 Å². The van der Waals surface area contributed by atoms with E-state index in [1.807, 2.05) is 61.5 Å². The molecule has 1 amide bonds. The summed E-state index contributed by atoms with van der Waals surface area (Å²) in [6.45, 7) is 3.78. The zero-order valence-electron chi connectivity index (χ0n) is 17.4. The number of fused-ring (bicyclic) bond motifs is 2. The first-order valence-corrected chi connectivity index (χ1v) is 10.4. The third-order valence-electron chi connectivity index (χ3n) is 5.72. The number of carbonyl (C=O) groups is 2. The third kappa shape index (κ3) is 4.20. The molecule has 1 aliphatic carbocycles. The fourth-order valence-electron chi connectivity index (χ4n) is 4.11. The molecule has 0 spiro atoms. The summed E-state index contributed by atoms with van der Waals surface area (Å²) in [5, 5.41) is 3.67. The number of amides is 1. The Labute approximate surface area is 176 Å². The summed E-state index contributed by atoms with van der Waals surface area (Å²) in [5.74, 6) is -0.288. The summed E-state index contributed by atoms with van der Waals surface area (Å²) >= 11 is 0. The molecular weight excluding hydrogens is 376 g/mol. The van der Waals surface area contributed by atoms with Crippen LogP contribution < -0.4 is 5.32 Å². The molecule has 30 heavy (non-hydrogen) atoms. The lowest BCUT2D eigenvalue weighted by Gasteiger charge is -2.24. The minimum absolute atomic E-state index is 0.159. The van der Waals surface area contributed by atoms with Crippen LogP contribution in [0.4, 0.5) is 0 Å². The van der Waals surface area contributed by atoms with E-state index in [-0.39, 0.29) is 18.6 Å². The van der Waals surface area contributed by atoms with Crippen LogP contribution in [0.25, 0.3) is 10.9 Å². The lowest BCUT2D eigenvalue weighted by Crippen LogP contribution is -2.31. The van der Waals surface area contributed by atoms with E-state index in [1.165, 1.54) is 0 Å². The van der Waals surface area contributed by atoms with Crippen LogP contribution in [0, 0.1) is 5.92 Å². The molecule has 154 valence electrons. The van der Waals surface area contributed by atoms with Crippen molar-refractivity contribution in [2.45, 2.75) is 39.2 Å². The monoisotopic (exact) mass is 402 g/mol. The Morgan fingerprint density at radius 1 is 1.13 bits per heavy atom. The molecule has 2 aromatic carbocycles. The van der Waals surface area contributed by atoms with Crippen molar-refractivity contribution in [2.24, 2.45) is 5.92 Å². The summed E-state index contributed by atoms with van der Waals surface area (Å²) in [6, 6.07) is 17.2. The quantitative estimate of drug-likeness (QED) is 0.643. The second kappa shape index (κ2) is 8.66. The molecule has 0 saturated carbocycles. The summed E-state index contributed by atoms with van der Waals surface area (Å²) < 4.78 is 5.46. The fraction of sp³-hybridized carbons (Fsp3) is 0.320. The summed E-state index contributed by atoms with van der Waals surface area (Å²) in [7, 11) is 0. The number of nitrogens with zero attached hydrogens (tertiary/aromatic N) is 1. The maximum absolute atomic E-state index is 13.1. The van der Waals surface area contributed by atoms with Crippen molar-refractivity contribution in [3.8, 4) is 0 Å². The lowest BCUT2D eigenvalue weighted by atomic mass is 9.84. The van der Waals surface area contributed by atoms with E-state index in [1.54, 1.807) is 0 Å². The van der Waals surface area contributed by atoms with E-state index in [4.69, 9.17) is 9.72 Å². The van der Waals surface area contributed by atoms with Crippen LogP contribution in [0.5, 0.6) is 0 Å². The van der Waals surface area contributed by atoms with Gasteiger partial charge < -0.3 is 10.1 Å². The first kappa shape index (κ1) is 20.1. The Balaban J connectivity index is 1.52. The molecule has 1 heterocycles. The number of hydrogen-bond donors (Lipinski definition) is 1. The SMILES string of the molecule is C[C@H]1CCc2nc3ccccc3c(C(=O)OCC(=O)N[C@H](C)c3ccccc3)c2C1. The summed E-state index contributed by atoms with van der Waals surface area (Å²) in [5.41, 5.74) is 4.29. The van der Waals surface area contributed by atoms with E-state index < -0.39 is 5.97 Å². The number of ether oxygens (including phenoxy) is 1. The number of aryl methyl sites for hydroxylation is 1. The predicted octanol–water partition coefficient (Wildman–Crippen LogP) is 4.39. The topological polar surface area (TPSA) is 68.3 Å². The summed E-state index contributed by atoms with van der Waals surface area (Å²) in [4.78, 5) is 30.2. The van der Waals surface area contributed by atoms with Gasteiger partial charge in [0.2, 0.25) is 0 Å². The van der Waals surface area contributed by atoms with E-state index in [0.29, 0.717) is 11.5 Å². The fourth-order valence-corrected chi connectivity index (χ4v) is 4.11. The minimum Gasteiger partial charge on any atom is -0.452 e. The number of benzene rings is 2. The smallest absolute Gasteiger partial charge is 0.339 e. The number of para-hydroxylation sites is 1. The highest BCUT2D eigenvalue weighted by Gasteiger charge is 2.26. The van der Waals surface area contributed by atoms with Crippen molar-refractivity contribution >= 4 is 22.8 Å².